The molecule has 0 radical (unpaired) electrons. The largest absolute Gasteiger partial charge is 0.462 e. The maximum absolute atomic E-state index is 12.7. The predicted molar refractivity (Wildman–Crippen MR) is 139 cm³/mol. The summed E-state index contributed by atoms with van der Waals surface area (Å²) in [6, 6.07) is 18.3. The molecule has 7 nitrogen and oxygen atoms in total. The first-order chi connectivity index (χ1) is 17.0. The first kappa shape index (κ1) is 22.8. The van der Waals surface area contributed by atoms with Crippen molar-refractivity contribution in [2.24, 2.45) is 0 Å². The molecule has 0 N–H and O–H groups in total. The van der Waals surface area contributed by atoms with Gasteiger partial charge in [0.05, 0.1) is 12.1 Å². The molecule has 1 aliphatic rings. The van der Waals surface area contributed by atoms with Gasteiger partial charge in [0.15, 0.2) is 5.82 Å². The molecular weight excluding hydrogens is 438 g/mol. The van der Waals surface area contributed by atoms with Gasteiger partial charge >= 0.3 is 5.97 Å². The fraction of sp³-hybridized carbons (Fsp3) is 0.286. The van der Waals surface area contributed by atoms with Crippen LogP contribution in [-0.2, 0) is 4.74 Å². The van der Waals surface area contributed by atoms with Crippen LogP contribution >= 0.6 is 0 Å². The lowest BCUT2D eigenvalue weighted by Crippen LogP contribution is -2.47. The highest BCUT2D eigenvalue weighted by Gasteiger charge is 2.26. The summed E-state index contributed by atoms with van der Waals surface area (Å²) in [6.45, 7) is 9.32. The number of nitrogens with zero attached hydrogens (tertiary/aromatic N) is 5. The number of anilines is 2. The van der Waals surface area contributed by atoms with Crippen LogP contribution in [0.3, 0.4) is 0 Å². The number of aromatic nitrogens is 3. The summed E-state index contributed by atoms with van der Waals surface area (Å²) in [7, 11) is 0. The molecule has 0 bridgehead atoms. The molecule has 1 aliphatic heterocycles. The molecule has 5 rings (SSSR count). The second-order valence-corrected chi connectivity index (χ2v) is 8.76. The van der Waals surface area contributed by atoms with E-state index in [1.54, 1.807) is 13.1 Å². The second kappa shape index (κ2) is 9.70. The van der Waals surface area contributed by atoms with E-state index in [4.69, 9.17) is 14.7 Å². The maximum Gasteiger partial charge on any atom is 0.343 e. The first-order valence-corrected chi connectivity index (χ1v) is 12.0. The molecule has 35 heavy (non-hydrogen) atoms. The maximum atomic E-state index is 12.7. The number of esters is 1. The van der Waals surface area contributed by atoms with Gasteiger partial charge in [0.1, 0.15) is 17.2 Å². The van der Waals surface area contributed by atoms with E-state index >= 15 is 0 Å². The van der Waals surface area contributed by atoms with Crippen LogP contribution in [0, 0.1) is 13.8 Å². The molecule has 178 valence electrons. The van der Waals surface area contributed by atoms with Crippen LogP contribution in [0.1, 0.15) is 28.4 Å². The Morgan fingerprint density at radius 2 is 1.66 bits per heavy atom. The Labute approximate surface area is 205 Å². The zero-order chi connectivity index (χ0) is 24.4. The van der Waals surface area contributed by atoms with Gasteiger partial charge in [0, 0.05) is 43.3 Å². The van der Waals surface area contributed by atoms with Gasteiger partial charge in [-0.3, -0.25) is 0 Å². The Morgan fingerprint density at radius 1 is 0.914 bits per heavy atom. The number of carbonyl (C=O) groups excluding carboxylic acids is 1. The Kier molecular flexibility index (Phi) is 6.31. The summed E-state index contributed by atoms with van der Waals surface area (Å²) in [4.78, 5) is 31.4. The van der Waals surface area contributed by atoms with Gasteiger partial charge < -0.3 is 14.5 Å². The topological polar surface area (TPSA) is 71.5 Å². The molecule has 2 aromatic heterocycles. The van der Waals surface area contributed by atoms with E-state index in [-0.39, 0.29) is 0 Å². The summed E-state index contributed by atoms with van der Waals surface area (Å²) in [5, 5.41) is 1.20. The third-order valence-electron chi connectivity index (χ3n) is 6.43. The van der Waals surface area contributed by atoms with Gasteiger partial charge in [-0.15, -0.1) is 0 Å². The van der Waals surface area contributed by atoms with Gasteiger partial charge in [-0.2, -0.15) is 0 Å². The molecule has 4 aromatic rings. The van der Waals surface area contributed by atoms with Gasteiger partial charge in [-0.25, -0.2) is 19.7 Å². The molecule has 3 heterocycles. The Morgan fingerprint density at radius 3 is 2.40 bits per heavy atom. The third kappa shape index (κ3) is 4.54. The number of pyridine rings is 1. The molecule has 0 spiro atoms. The van der Waals surface area contributed by atoms with Gasteiger partial charge in [-0.05, 0) is 38.0 Å². The molecule has 1 saturated heterocycles. The molecule has 7 heteroatoms. The van der Waals surface area contributed by atoms with Crippen LogP contribution in [0.5, 0.6) is 0 Å². The average Bonchev–Trinajstić information content (AvgIpc) is 2.89. The van der Waals surface area contributed by atoms with Crippen LogP contribution in [-0.4, -0.2) is 53.7 Å². The van der Waals surface area contributed by atoms with Crippen molar-refractivity contribution in [3.05, 3.63) is 77.5 Å². The molecule has 0 aliphatic carbocycles. The van der Waals surface area contributed by atoms with E-state index in [1.165, 1.54) is 16.5 Å². The lowest BCUT2D eigenvalue weighted by atomic mass is 10.1. The summed E-state index contributed by atoms with van der Waals surface area (Å²) in [6.07, 6.45) is 1.59. The second-order valence-electron chi connectivity index (χ2n) is 8.76. The number of benzene rings is 2. The molecule has 0 unspecified atom stereocenters. The first-order valence-electron chi connectivity index (χ1n) is 12.0. The minimum absolute atomic E-state index is 0.304. The fourth-order valence-electron chi connectivity index (χ4n) is 4.55. The van der Waals surface area contributed by atoms with Crippen molar-refractivity contribution in [3.63, 3.8) is 0 Å². The fourth-order valence-corrected chi connectivity index (χ4v) is 4.55. The van der Waals surface area contributed by atoms with Crippen molar-refractivity contribution < 1.29 is 9.53 Å². The number of rotatable bonds is 5. The standard InChI is InChI=1S/C28H29N5O2/c1-4-35-28(34)23-18-29-26(21-10-6-5-7-11-21)31-27(23)33-15-13-32(14-16-33)24-17-20(3)22-12-8-9-19(2)25(22)30-24/h5-12,17-18H,4,13-16H2,1-3H3. The van der Waals surface area contributed by atoms with Crippen molar-refractivity contribution in [2.75, 3.05) is 42.6 Å². The average molecular weight is 468 g/mol. The number of aryl methyl sites for hydroxylation is 2. The molecule has 0 saturated carbocycles. The minimum Gasteiger partial charge on any atom is -0.462 e. The van der Waals surface area contributed by atoms with Crippen LogP contribution in [0.2, 0.25) is 0 Å². The third-order valence-corrected chi connectivity index (χ3v) is 6.43. The van der Waals surface area contributed by atoms with E-state index < -0.39 is 5.97 Å². The van der Waals surface area contributed by atoms with Gasteiger partial charge in [0.2, 0.25) is 0 Å². The molecule has 1 fully saturated rings. The molecule has 0 amide bonds. The Balaban J connectivity index is 1.43. The number of fused-ring (bicyclic) bond motifs is 1. The van der Waals surface area contributed by atoms with E-state index in [2.05, 4.69) is 52.9 Å². The predicted octanol–water partition coefficient (Wildman–Crippen LogP) is 4.81. The Hall–Kier alpha value is -4.00. The van der Waals surface area contributed by atoms with Crippen molar-refractivity contribution in [1.29, 1.82) is 0 Å². The van der Waals surface area contributed by atoms with Gasteiger partial charge in [0.25, 0.3) is 0 Å². The molecule has 2 aromatic carbocycles. The number of hydrogen-bond donors (Lipinski definition) is 0. The zero-order valence-electron chi connectivity index (χ0n) is 20.4. The molecular formula is C28H29N5O2. The van der Waals surface area contributed by atoms with Crippen molar-refractivity contribution in [3.8, 4) is 11.4 Å². The summed E-state index contributed by atoms with van der Waals surface area (Å²) >= 11 is 0. The van der Waals surface area contributed by atoms with E-state index in [0.717, 1.165) is 30.0 Å². The highest BCUT2D eigenvalue weighted by atomic mass is 16.5. The lowest BCUT2D eigenvalue weighted by Gasteiger charge is -2.37. The number of carbonyl (C=O) groups is 1. The van der Waals surface area contributed by atoms with E-state index in [0.29, 0.717) is 36.9 Å². The zero-order valence-corrected chi connectivity index (χ0v) is 20.4. The number of piperazine rings is 1. The summed E-state index contributed by atoms with van der Waals surface area (Å²) < 4.78 is 5.29. The lowest BCUT2D eigenvalue weighted by molar-refractivity contribution is 0.0526. The van der Waals surface area contributed by atoms with E-state index in [9.17, 15) is 4.79 Å². The number of ether oxygens (including phenoxy) is 1. The van der Waals surface area contributed by atoms with Crippen LogP contribution in [0.25, 0.3) is 22.3 Å². The van der Waals surface area contributed by atoms with Crippen LogP contribution in [0.15, 0.2) is 60.8 Å². The monoisotopic (exact) mass is 467 g/mol. The van der Waals surface area contributed by atoms with Crippen LogP contribution < -0.4 is 9.80 Å². The highest BCUT2D eigenvalue weighted by Crippen LogP contribution is 2.28. The SMILES string of the molecule is CCOC(=O)c1cnc(-c2ccccc2)nc1N1CCN(c2cc(C)c3cccc(C)c3n2)CC1. The Bertz CT molecular complexity index is 1360. The van der Waals surface area contributed by atoms with Gasteiger partial charge in [-0.1, -0.05) is 48.5 Å². The van der Waals surface area contributed by atoms with Crippen molar-refractivity contribution in [1.82, 2.24) is 15.0 Å². The number of para-hydroxylation sites is 1. The summed E-state index contributed by atoms with van der Waals surface area (Å²) in [5.41, 5.74) is 4.77. The normalized spacial score (nSPS) is 13.8. The molecule has 0 atom stereocenters. The van der Waals surface area contributed by atoms with E-state index in [1.807, 2.05) is 30.3 Å². The van der Waals surface area contributed by atoms with Crippen LogP contribution in [0.4, 0.5) is 11.6 Å². The minimum atomic E-state index is -0.396. The van der Waals surface area contributed by atoms with Crippen molar-refractivity contribution >= 4 is 28.5 Å². The van der Waals surface area contributed by atoms with Crippen molar-refractivity contribution in [2.45, 2.75) is 20.8 Å². The smallest absolute Gasteiger partial charge is 0.343 e. The number of hydrogen-bond acceptors (Lipinski definition) is 7. The summed E-state index contributed by atoms with van der Waals surface area (Å²) in [5.74, 6) is 1.81. The quantitative estimate of drug-likeness (QED) is 0.390. The highest BCUT2D eigenvalue weighted by molar-refractivity contribution is 5.95.